The van der Waals surface area contributed by atoms with Crippen molar-refractivity contribution in [2.45, 2.75) is 13.5 Å². The molecule has 0 unspecified atom stereocenters. The molecule has 0 aliphatic carbocycles. The lowest BCUT2D eigenvalue weighted by molar-refractivity contribution is -0.126. The van der Waals surface area contributed by atoms with Gasteiger partial charge in [0.1, 0.15) is 0 Å². The summed E-state index contributed by atoms with van der Waals surface area (Å²) in [6.45, 7) is 3.05. The largest absolute Gasteiger partial charge is 0.355 e. The van der Waals surface area contributed by atoms with E-state index in [0.717, 1.165) is 11.1 Å². The van der Waals surface area contributed by atoms with Gasteiger partial charge < -0.3 is 10.2 Å². The summed E-state index contributed by atoms with van der Waals surface area (Å²) in [6.07, 6.45) is 3.29. The van der Waals surface area contributed by atoms with E-state index in [2.05, 4.69) is 5.32 Å². The Morgan fingerprint density at radius 3 is 2.48 bits per heavy atom. The van der Waals surface area contributed by atoms with Crippen molar-refractivity contribution in [2.75, 3.05) is 13.6 Å². The lowest BCUT2D eigenvalue weighted by atomic mass is 10.1. The van der Waals surface area contributed by atoms with E-state index in [-0.39, 0.29) is 11.8 Å². The van der Waals surface area contributed by atoms with Gasteiger partial charge in [-0.1, -0.05) is 35.9 Å². The molecule has 2 amide bonds. The lowest BCUT2D eigenvalue weighted by Gasteiger charge is -2.19. The molecule has 0 aliphatic rings. The molecule has 0 bridgehead atoms. The highest BCUT2D eigenvalue weighted by molar-refractivity contribution is 6.30. The summed E-state index contributed by atoms with van der Waals surface area (Å²) in [4.78, 5) is 25.7. The standard InChI is InChI=1S/C20H21ClN2O2/c1-3-23(14-16-5-4-6-18(21)13-16)19(24)12-9-15-7-10-17(11-8-15)20(25)22-2/h4-13H,3,14H2,1-2H3,(H,22,25)/b12-9+. The number of halogens is 1. The van der Waals surface area contributed by atoms with Crippen molar-refractivity contribution in [3.8, 4) is 0 Å². The molecular weight excluding hydrogens is 336 g/mol. The fourth-order valence-corrected chi connectivity index (χ4v) is 2.58. The van der Waals surface area contributed by atoms with Crippen molar-refractivity contribution < 1.29 is 9.59 Å². The van der Waals surface area contributed by atoms with Gasteiger partial charge in [-0.15, -0.1) is 0 Å². The summed E-state index contributed by atoms with van der Waals surface area (Å²) in [5.41, 5.74) is 2.44. The van der Waals surface area contributed by atoms with Crippen LogP contribution in [0.1, 0.15) is 28.4 Å². The molecule has 130 valence electrons. The predicted molar refractivity (Wildman–Crippen MR) is 101 cm³/mol. The number of nitrogens with zero attached hydrogens (tertiary/aromatic N) is 1. The number of carbonyl (C=O) groups is 2. The van der Waals surface area contributed by atoms with E-state index in [1.807, 2.05) is 43.3 Å². The van der Waals surface area contributed by atoms with Gasteiger partial charge in [0.25, 0.3) is 5.91 Å². The highest BCUT2D eigenvalue weighted by atomic mass is 35.5. The molecule has 0 fully saturated rings. The highest BCUT2D eigenvalue weighted by Gasteiger charge is 2.09. The van der Waals surface area contributed by atoms with Gasteiger partial charge in [-0.25, -0.2) is 0 Å². The molecule has 2 rings (SSSR count). The number of rotatable bonds is 6. The van der Waals surface area contributed by atoms with Gasteiger partial charge in [0.15, 0.2) is 0 Å². The smallest absolute Gasteiger partial charge is 0.251 e. The Bertz CT molecular complexity index is 770. The third-order valence-corrected chi connectivity index (χ3v) is 4.01. The molecule has 0 heterocycles. The number of benzene rings is 2. The van der Waals surface area contributed by atoms with Crippen LogP contribution in [-0.4, -0.2) is 30.3 Å². The fourth-order valence-electron chi connectivity index (χ4n) is 2.36. The van der Waals surface area contributed by atoms with Crippen LogP contribution in [0, 0.1) is 0 Å². The molecule has 0 radical (unpaired) electrons. The van der Waals surface area contributed by atoms with Crippen molar-refractivity contribution in [3.05, 3.63) is 76.3 Å². The first-order valence-electron chi connectivity index (χ1n) is 8.07. The fraction of sp³-hybridized carbons (Fsp3) is 0.200. The Morgan fingerprint density at radius 2 is 1.88 bits per heavy atom. The van der Waals surface area contributed by atoms with Gasteiger partial charge in [0, 0.05) is 36.8 Å². The first-order valence-corrected chi connectivity index (χ1v) is 8.45. The second-order valence-corrected chi connectivity index (χ2v) is 5.95. The van der Waals surface area contributed by atoms with Crippen LogP contribution < -0.4 is 5.32 Å². The van der Waals surface area contributed by atoms with Crippen molar-refractivity contribution in [1.29, 1.82) is 0 Å². The minimum Gasteiger partial charge on any atom is -0.355 e. The average molecular weight is 357 g/mol. The number of hydrogen-bond acceptors (Lipinski definition) is 2. The molecule has 25 heavy (non-hydrogen) atoms. The summed E-state index contributed by atoms with van der Waals surface area (Å²) >= 11 is 5.99. The molecule has 0 aromatic heterocycles. The molecule has 4 nitrogen and oxygen atoms in total. The van der Waals surface area contributed by atoms with Gasteiger partial charge in [0.2, 0.25) is 5.91 Å². The molecule has 1 N–H and O–H groups in total. The van der Waals surface area contributed by atoms with E-state index >= 15 is 0 Å². The van der Waals surface area contributed by atoms with Crippen LogP contribution in [0.25, 0.3) is 6.08 Å². The Hall–Kier alpha value is -2.59. The number of amides is 2. The normalized spacial score (nSPS) is 10.7. The molecule has 0 saturated carbocycles. The van der Waals surface area contributed by atoms with Gasteiger partial charge in [-0.2, -0.15) is 0 Å². The highest BCUT2D eigenvalue weighted by Crippen LogP contribution is 2.13. The SMILES string of the molecule is CCN(Cc1cccc(Cl)c1)C(=O)/C=C/c1ccc(C(=O)NC)cc1. The maximum absolute atomic E-state index is 12.4. The minimum atomic E-state index is -0.134. The summed E-state index contributed by atoms with van der Waals surface area (Å²) in [7, 11) is 1.59. The Morgan fingerprint density at radius 1 is 1.16 bits per heavy atom. The number of hydrogen-bond donors (Lipinski definition) is 1. The monoisotopic (exact) mass is 356 g/mol. The second kappa shape index (κ2) is 9.04. The zero-order chi connectivity index (χ0) is 18.2. The summed E-state index contributed by atoms with van der Waals surface area (Å²) in [5.74, 6) is -0.205. The number of likely N-dealkylation sites (N-methyl/N-ethyl adjacent to an activating group) is 1. The summed E-state index contributed by atoms with van der Waals surface area (Å²) in [5, 5.41) is 3.23. The lowest BCUT2D eigenvalue weighted by Crippen LogP contribution is -2.28. The average Bonchev–Trinajstić information content (AvgIpc) is 2.64. The van der Waals surface area contributed by atoms with Crippen LogP contribution in [0.2, 0.25) is 5.02 Å². The van der Waals surface area contributed by atoms with Crippen molar-refractivity contribution in [2.24, 2.45) is 0 Å². The Kier molecular flexibility index (Phi) is 6.78. The van der Waals surface area contributed by atoms with Crippen LogP contribution in [0.15, 0.2) is 54.6 Å². The third kappa shape index (κ3) is 5.47. The molecule has 0 atom stereocenters. The van der Waals surface area contributed by atoms with Gasteiger partial charge in [0.05, 0.1) is 0 Å². The number of nitrogens with one attached hydrogen (secondary N) is 1. The van der Waals surface area contributed by atoms with E-state index in [0.29, 0.717) is 23.7 Å². The third-order valence-electron chi connectivity index (χ3n) is 3.77. The molecule has 5 heteroatoms. The molecule has 0 aliphatic heterocycles. The quantitative estimate of drug-likeness (QED) is 0.801. The maximum atomic E-state index is 12.4. The molecule has 0 spiro atoms. The zero-order valence-electron chi connectivity index (χ0n) is 14.3. The molecule has 2 aromatic carbocycles. The first kappa shape index (κ1) is 18.7. The van der Waals surface area contributed by atoms with Crippen LogP contribution >= 0.6 is 11.6 Å². The van der Waals surface area contributed by atoms with Crippen molar-refractivity contribution in [1.82, 2.24) is 10.2 Å². The summed E-state index contributed by atoms with van der Waals surface area (Å²) in [6, 6.07) is 14.6. The van der Waals surface area contributed by atoms with E-state index in [1.54, 1.807) is 36.2 Å². The number of carbonyl (C=O) groups excluding carboxylic acids is 2. The minimum absolute atomic E-state index is 0.0714. The zero-order valence-corrected chi connectivity index (χ0v) is 15.1. The summed E-state index contributed by atoms with van der Waals surface area (Å²) < 4.78 is 0. The van der Waals surface area contributed by atoms with E-state index < -0.39 is 0 Å². The van der Waals surface area contributed by atoms with Crippen LogP contribution in [-0.2, 0) is 11.3 Å². The van der Waals surface area contributed by atoms with E-state index in [1.165, 1.54) is 0 Å². The van der Waals surface area contributed by atoms with E-state index in [4.69, 9.17) is 11.6 Å². The topological polar surface area (TPSA) is 49.4 Å². The van der Waals surface area contributed by atoms with Gasteiger partial charge in [-0.3, -0.25) is 9.59 Å². The second-order valence-electron chi connectivity index (χ2n) is 5.52. The van der Waals surface area contributed by atoms with Gasteiger partial charge >= 0.3 is 0 Å². The van der Waals surface area contributed by atoms with Crippen molar-refractivity contribution >= 4 is 29.5 Å². The molecular formula is C20H21ClN2O2. The Balaban J connectivity index is 2.03. The molecule has 0 saturated heterocycles. The van der Waals surface area contributed by atoms with Gasteiger partial charge in [-0.05, 0) is 48.4 Å². The molecule has 2 aromatic rings. The van der Waals surface area contributed by atoms with Crippen LogP contribution in [0.3, 0.4) is 0 Å². The Labute approximate surface area is 153 Å². The van der Waals surface area contributed by atoms with Crippen LogP contribution in [0.4, 0.5) is 0 Å². The van der Waals surface area contributed by atoms with Crippen LogP contribution in [0.5, 0.6) is 0 Å². The first-order chi connectivity index (χ1) is 12.0. The van der Waals surface area contributed by atoms with E-state index in [9.17, 15) is 9.59 Å². The predicted octanol–water partition coefficient (Wildman–Crippen LogP) is 3.76. The maximum Gasteiger partial charge on any atom is 0.251 e. The van der Waals surface area contributed by atoms with Crippen molar-refractivity contribution in [3.63, 3.8) is 0 Å².